The van der Waals surface area contributed by atoms with Gasteiger partial charge in [-0.3, -0.25) is 9.10 Å². The first-order valence-electron chi connectivity index (χ1n) is 8.91. The van der Waals surface area contributed by atoms with Crippen molar-refractivity contribution < 1.29 is 27.5 Å². The van der Waals surface area contributed by atoms with Crippen LogP contribution in [0.15, 0.2) is 69.9 Å². The predicted octanol–water partition coefficient (Wildman–Crippen LogP) is 2.76. The number of ether oxygens (including phenoxy) is 1. The second kappa shape index (κ2) is 9.27. The highest BCUT2D eigenvalue weighted by Gasteiger charge is 2.22. The van der Waals surface area contributed by atoms with E-state index < -0.39 is 33.8 Å². The molecule has 156 valence electrons. The van der Waals surface area contributed by atoms with Crippen LogP contribution in [0.25, 0.3) is 0 Å². The first-order chi connectivity index (χ1) is 14.4. The van der Waals surface area contributed by atoms with Crippen molar-refractivity contribution in [3.8, 4) is 5.75 Å². The summed E-state index contributed by atoms with van der Waals surface area (Å²) in [5, 5.41) is 9.47. The average Bonchev–Trinajstić information content (AvgIpc) is 2.72. The minimum absolute atomic E-state index is 0.0209. The molecular weight excluding hydrogens is 410 g/mol. The molecular formula is C21H19NO7S. The third-order valence-electron chi connectivity index (χ3n) is 4.27. The Morgan fingerprint density at radius 2 is 1.77 bits per heavy atom. The highest BCUT2D eigenvalue weighted by molar-refractivity contribution is 7.74. The van der Waals surface area contributed by atoms with E-state index in [1.807, 2.05) is 6.07 Å². The lowest BCUT2D eigenvalue weighted by Gasteiger charge is -2.19. The van der Waals surface area contributed by atoms with E-state index in [2.05, 4.69) is 0 Å². The van der Waals surface area contributed by atoms with Crippen molar-refractivity contribution in [3.63, 3.8) is 0 Å². The van der Waals surface area contributed by atoms with Crippen molar-refractivity contribution in [2.24, 2.45) is 0 Å². The molecule has 0 saturated carbocycles. The Hall–Kier alpha value is -3.59. The first-order valence-corrected chi connectivity index (χ1v) is 10.0. The van der Waals surface area contributed by atoms with Crippen LogP contribution in [-0.2, 0) is 24.0 Å². The Labute approximate surface area is 174 Å². The summed E-state index contributed by atoms with van der Waals surface area (Å²) >= 11 is 0. The summed E-state index contributed by atoms with van der Waals surface area (Å²) in [6.45, 7) is 1.38. The Morgan fingerprint density at radius 3 is 2.40 bits per heavy atom. The van der Waals surface area contributed by atoms with E-state index in [-0.39, 0.29) is 18.9 Å². The third kappa shape index (κ3) is 4.87. The van der Waals surface area contributed by atoms with Gasteiger partial charge in [0.1, 0.15) is 12.4 Å². The molecule has 8 nitrogen and oxygen atoms in total. The summed E-state index contributed by atoms with van der Waals surface area (Å²) in [6, 6.07) is 16.7. The van der Waals surface area contributed by atoms with Crippen LogP contribution in [0.3, 0.4) is 0 Å². The van der Waals surface area contributed by atoms with Crippen LogP contribution < -0.4 is 14.5 Å². The third-order valence-corrected chi connectivity index (χ3v) is 5.02. The molecule has 0 fully saturated rings. The number of aryl methyl sites for hydroxylation is 1. The van der Waals surface area contributed by atoms with Gasteiger partial charge in [0.15, 0.2) is 0 Å². The number of hydrogen-bond acceptors (Lipinski definition) is 6. The number of hydrogen-bond donors (Lipinski definition) is 2. The molecule has 1 aromatic heterocycles. The van der Waals surface area contributed by atoms with Gasteiger partial charge in [-0.2, -0.15) is 0 Å². The maximum Gasteiger partial charge on any atom is 0.375 e. The first kappa shape index (κ1) is 21.1. The van der Waals surface area contributed by atoms with E-state index in [4.69, 9.17) is 9.15 Å². The predicted molar refractivity (Wildman–Crippen MR) is 110 cm³/mol. The van der Waals surface area contributed by atoms with Gasteiger partial charge in [-0.25, -0.2) is 13.2 Å². The fourth-order valence-corrected chi connectivity index (χ4v) is 3.50. The number of benzene rings is 2. The number of anilines is 1. The molecule has 2 aromatic carbocycles. The molecule has 0 radical (unpaired) electrons. The zero-order valence-corrected chi connectivity index (χ0v) is 16.9. The van der Waals surface area contributed by atoms with Gasteiger partial charge in [0.05, 0.1) is 12.2 Å². The lowest BCUT2D eigenvalue weighted by Crippen LogP contribution is -2.23. The van der Waals surface area contributed by atoms with E-state index in [1.165, 1.54) is 0 Å². The summed E-state index contributed by atoms with van der Waals surface area (Å²) < 4.78 is 35.3. The highest BCUT2D eigenvalue weighted by atomic mass is 32.2. The van der Waals surface area contributed by atoms with Gasteiger partial charge in [0, 0.05) is 6.07 Å². The fraction of sp³-hybridized carbons (Fsp3) is 0.143. The van der Waals surface area contributed by atoms with Crippen LogP contribution >= 0.6 is 0 Å². The number of nitrogens with zero attached hydrogens (tertiary/aromatic N) is 1. The number of aromatic carboxylic acids is 1. The maximum atomic E-state index is 12.5. The maximum absolute atomic E-state index is 12.5. The summed E-state index contributed by atoms with van der Waals surface area (Å²) in [7, 11) is -3.07. The fourth-order valence-electron chi connectivity index (χ4n) is 2.85. The van der Waals surface area contributed by atoms with Gasteiger partial charge in [-0.1, -0.05) is 48.5 Å². The number of carboxylic acid groups (broad SMARTS) is 1. The lowest BCUT2D eigenvalue weighted by atomic mass is 10.2. The molecule has 9 heteroatoms. The molecule has 1 N–H and O–H groups in total. The molecule has 0 aliphatic rings. The number of thiol groups is 1. The van der Waals surface area contributed by atoms with E-state index in [9.17, 15) is 23.1 Å². The van der Waals surface area contributed by atoms with E-state index >= 15 is 0 Å². The second-order valence-electron chi connectivity index (χ2n) is 6.40. The van der Waals surface area contributed by atoms with Crippen molar-refractivity contribution in [1.82, 2.24) is 0 Å². The molecule has 1 heterocycles. The molecule has 3 aromatic rings. The summed E-state index contributed by atoms with van der Waals surface area (Å²) in [4.78, 5) is 24.2. The van der Waals surface area contributed by atoms with Gasteiger partial charge in [0.2, 0.25) is 22.1 Å². The van der Waals surface area contributed by atoms with E-state index in [0.29, 0.717) is 11.3 Å². The molecule has 0 unspecified atom stereocenters. The van der Waals surface area contributed by atoms with Crippen molar-refractivity contribution >= 4 is 22.5 Å². The molecule has 0 aliphatic heterocycles. The molecule has 0 bridgehead atoms. The van der Waals surface area contributed by atoms with Crippen LogP contribution in [0.1, 0.15) is 27.4 Å². The van der Waals surface area contributed by atoms with Crippen LogP contribution in [-0.4, -0.2) is 19.5 Å². The zero-order chi connectivity index (χ0) is 21.7. The van der Waals surface area contributed by atoms with Crippen molar-refractivity contribution in [3.05, 3.63) is 93.5 Å². The monoisotopic (exact) mass is 429 g/mol. The molecule has 0 amide bonds. The SMILES string of the molecule is Cc1ccccc1N(Cc1cc(=O)c(OCc2ccccc2)c(C(=O)O)o1)[SH](=O)=O. The van der Waals surface area contributed by atoms with Crippen molar-refractivity contribution in [1.29, 1.82) is 0 Å². The van der Waals surface area contributed by atoms with E-state index in [1.54, 1.807) is 55.5 Å². The smallest absolute Gasteiger partial charge is 0.375 e. The lowest BCUT2D eigenvalue weighted by molar-refractivity contribution is 0.0647. The topological polar surface area (TPSA) is 114 Å². The van der Waals surface area contributed by atoms with Crippen molar-refractivity contribution in [2.75, 3.05) is 4.31 Å². The quantitative estimate of drug-likeness (QED) is 0.529. The number of para-hydroxylation sites is 1. The molecule has 0 atom stereocenters. The Bertz CT molecular complexity index is 1180. The van der Waals surface area contributed by atoms with Crippen LogP contribution in [0.4, 0.5) is 5.69 Å². The van der Waals surface area contributed by atoms with Crippen LogP contribution in [0.5, 0.6) is 5.75 Å². The average molecular weight is 429 g/mol. The largest absolute Gasteiger partial charge is 0.481 e. The van der Waals surface area contributed by atoms with Gasteiger partial charge < -0.3 is 14.3 Å². The normalized spacial score (nSPS) is 10.7. The van der Waals surface area contributed by atoms with E-state index in [0.717, 1.165) is 15.9 Å². The van der Waals surface area contributed by atoms with Crippen LogP contribution in [0, 0.1) is 6.92 Å². The minimum atomic E-state index is -3.07. The summed E-state index contributed by atoms with van der Waals surface area (Å²) in [6.07, 6.45) is 0. The van der Waals surface area contributed by atoms with Gasteiger partial charge in [-0.15, -0.1) is 0 Å². The van der Waals surface area contributed by atoms with Crippen LogP contribution in [0.2, 0.25) is 0 Å². The molecule has 0 aliphatic carbocycles. The Morgan fingerprint density at radius 1 is 1.10 bits per heavy atom. The molecule has 30 heavy (non-hydrogen) atoms. The number of carboxylic acids is 1. The van der Waals surface area contributed by atoms with Gasteiger partial charge in [-0.05, 0) is 24.1 Å². The standard InChI is InChI=1S/C21H19NO7S/c1-14-7-5-6-10-17(14)22(30(26)27)12-16-11-18(23)19(20(29-16)21(24)25)28-13-15-8-3-2-4-9-15/h2-11,30H,12-13H2,1H3,(H,24,25). The molecule has 3 rings (SSSR count). The molecule has 0 spiro atoms. The number of rotatable bonds is 8. The van der Waals surface area contributed by atoms with Gasteiger partial charge >= 0.3 is 5.97 Å². The Kier molecular flexibility index (Phi) is 6.53. The summed E-state index contributed by atoms with van der Waals surface area (Å²) in [5.74, 6) is -2.73. The van der Waals surface area contributed by atoms with Crippen molar-refractivity contribution in [2.45, 2.75) is 20.1 Å². The second-order valence-corrected chi connectivity index (χ2v) is 7.36. The minimum Gasteiger partial charge on any atom is -0.481 e. The molecule has 0 saturated heterocycles. The zero-order valence-electron chi connectivity index (χ0n) is 16.0. The highest BCUT2D eigenvalue weighted by Crippen LogP contribution is 2.23. The Balaban J connectivity index is 1.93. The van der Waals surface area contributed by atoms with Gasteiger partial charge in [0.25, 0.3) is 5.76 Å². The number of carbonyl (C=O) groups is 1. The summed E-state index contributed by atoms with van der Waals surface area (Å²) in [5.41, 5.74) is 1.12.